The number of piperidine rings is 1. The van der Waals surface area contributed by atoms with E-state index in [9.17, 15) is 5.11 Å². The maximum absolute atomic E-state index is 9.77. The molecule has 0 bridgehead atoms. The van der Waals surface area contributed by atoms with Crippen molar-refractivity contribution < 1.29 is 9.84 Å². The zero-order valence-electron chi connectivity index (χ0n) is 9.92. The van der Waals surface area contributed by atoms with E-state index >= 15 is 0 Å². The van der Waals surface area contributed by atoms with Gasteiger partial charge in [-0.05, 0) is 43.5 Å². The van der Waals surface area contributed by atoms with Gasteiger partial charge >= 0.3 is 0 Å². The molecule has 0 radical (unpaired) electrons. The second-order valence-corrected chi connectivity index (χ2v) is 4.39. The lowest BCUT2D eigenvalue weighted by molar-refractivity contribution is 0.367. The van der Waals surface area contributed by atoms with Crippen LogP contribution >= 0.6 is 0 Å². The minimum Gasteiger partial charge on any atom is -0.504 e. The quantitative estimate of drug-likeness (QED) is 0.806. The summed E-state index contributed by atoms with van der Waals surface area (Å²) in [4.78, 5) is 0. The molecule has 1 unspecified atom stereocenters. The molecule has 1 fully saturated rings. The highest BCUT2D eigenvalue weighted by Gasteiger charge is 2.17. The zero-order valence-corrected chi connectivity index (χ0v) is 9.92. The SMILES string of the molecule is COc1cc(C2CCCCN2)cc(C)c1O. The van der Waals surface area contributed by atoms with Gasteiger partial charge in [0.05, 0.1) is 7.11 Å². The number of aryl methyl sites for hydroxylation is 1. The van der Waals surface area contributed by atoms with Crippen LogP contribution in [-0.2, 0) is 0 Å². The number of aromatic hydroxyl groups is 1. The fourth-order valence-electron chi connectivity index (χ4n) is 2.27. The average molecular weight is 221 g/mol. The molecule has 0 spiro atoms. The van der Waals surface area contributed by atoms with Crippen molar-refractivity contribution in [3.05, 3.63) is 23.3 Å². The Morgan fingerprint density at radius 1 is 1.38 bits per heavy atom. The van der Waals surface area contributed by atoms with Gasteiger partial charge in [0.1, 0.15) is 0 Å². The topological polar surface area (TPSA) is 41.5 Å². The molecular weight excluding hydrogens is 202 g/mol. The molecular formula is C13H19NO2. The Bertz CT molecular complexity index is 370. The van der Waals surface area contributed by atoms with E-state index in [4.69, 9.17) is 4.74 Å². The Morgan fingerprint density at radius 3 is 2.81 bits per heavy atom. The molecule has 3 heteroatoms. The fraction of sp³-hybridized carbons (Fsp3) is 0.538. The number of phenolic OH excluding ortho intramolecular Hbond substituents is 1. The van der Waals surface area contributed by atoms with Gasteiger partial charge in [0.2, 0.25) is 0 Å². The van der Waals surface area contributed by atoms with Crippen molar-refractivity contribution >= 4 is 0 Å². The first-order chi connectivity index (χ1) is 7.72. The number of hydrogen-bond acceptors (Lipinski definition) is 3. The molecule has 1 atom stereocenters. The molecule has 1 heterocycles. The lowest BCUT2D eigenvalue weighted by Crippen LogP contribution is -2.26. The van der Waals surface area contributed by atoms with E-state index in [1.54, 1.807) is 7.11 Å². The number of rotatable bonds is 2. The normalized spacial score (nSPS) is 20.8. The first-order valence-electron chi connectivity index (χ1n) is 5.83. The summed E-state index contributed by atoms with van der Waals surface area (Å²) in [5.74, 6) is 0.824. The van der Waals surface area contributed by atoms with Gasteiger partial charge in [-0.15, -0.1) is 0 Å². The molecule has 88 valence electrons. The van der Waals surface area contributed by atoms with Crippen LogP contribution in [0.3, 0.4) is 0 Å². The summed E-state index contributed by atoms with van der Waals surface area (Å²) >= 11 is 0. The highest BCUT2D eigenvalue weighted by atomic mass is 16.5. The first-order valence-corrected chi connectivity index (χ1v) is 5.83. The second-order valence-electron chi connectivity index (χ2n) is 4.39. The fourth-order valence-corrected chi connectivity index (χ4v) is 2.27. The largest absolute Gasteiger partial charge is 0.504 e. The van der Waals surface area contributed by atoms with Crippen molar-refractivity contribution in [3.8, 4) is 11.5 Å². The van der Waals surface area contributed by atoms with Crippen LogP contribution in [0.5, 0.6) is 11.5 Å². The number of ether oxygens (including phenoxy) is 1. The standard InChI is InChI=1S/C13H19NO2/c1-9-7-10(8-12(16-2)13(9)15)11-5-3-4-6-14-11/h7-8,11,14-15H,3-6H2,1-2H3. The third-order valence-electron chi connectivity index (χ3n) is 3.22. The van der Waals surface area contributed by atoms with E-state index in [1.807, 2.05) is 19.1 Å². The lowest BCUT2D eigenvalue weighted by Gasteiger charge is -2.24. The first kappa shape index (κ1) is 11.3. The molecule has 2 N–H and O–H groups in total. The molecule has 3 nitrogen and oxygen atoms in total. The molecule has 16 heavy (non-hydrogen) atoms. The molecule has 1 aliphatic rings. The Balaban J connectivity index is 2.29. The Kier molecular flexibility index (Phi) is 3.34. The lowest BCUT2D eigenvalue weighted by atomic mass is 9.96. The summed E-state index contributed by atoms with van der Waals surface area (Å²) in [5.41, 5.74) is 2.09. The van der Waals surface area contributed by atoms with E-state index in [-0.39, 0.29) is 5.75 Å². The second kappa shape index (κ2) is 4.74. The Labute approximate surface area is 96.4 Å². The minimum absolute atomic E-state index is 0.252. The van der Waals surface area contributed by atoms with Gasteiger partial charge in [0, 0.05) is 6.04 Å². The van der Waals surface area contributed by atoms with Gasteiger partial charge in [-0.3, -0.25) is 0 Å². The molecule has 0 aliphatic carbocycles. The summed E-state index contributed by atoms with van der Waals surface area (Å²) in [6.07, 6.45) is 3.68. The molecule has 1 aliphatic heterocycles. The van der Waals surface area contributed by atoms with Gasteiger partial charge < -0.3 is 15.2 Å². The molecule has 0 saturated carbocycles. The maximum atomic E-state index is 9.77. The predicted molar refractivity (Wildman–Crippen MR) is 64.0 cm³/mol. The van der Waals surface area contributed by atoms with Crippen molar-refractivity contribution in [2.45, 2.75) is 32.2 Å². The highest BCUT2D eigenvalue weighted by Crippen LogP contribution is 2.34. The van der Waals surface area contributed by atoms with Gasteiger partial charge in [0.15, 0.2) is 11.5 Å². The summed E-state index contributed by atoms with van der Waals surface area (Å²) < 4.78 is 5.18. The van der Waals surface area contributed by atoms with E-state index < -0.39 is 0 Å². The van der Waals surface area contributed by atoms with Crippen LogP contribution in [-0.4, -0.2) is 18.8 Å². The third-order valence-corrected chi connectivity index (χ3v) is 3.22. The monoisotopic (exact) mass is 221 g/mol. The summed E-state index contributed by atoms with van der Waals surface area (Å²) in [7, 11) is 1.59. The van der Waals surface area contributed by atoms with Crippen LogP contribution < -0.4 is 10.1 Å². The number of nitrogens with one attached hydrogen (secondary N) is 1. The molecule has 1 aromatic carbocycles. The number of phenols is 1. The Morgan fingerprint density at radius 2 is 2.19 bits per heavy atom. The third kappa shape index (κ3) is 2.14. The van der Waals surface area contributed by atoms with Crippen molar-refractivity contribution in [1.82, 2.24) is 5.32 Å². The number of benzene rings is 1. The van der Waals surface area contributed by atoms with Crippen LogP contribution in [0.2, 0.25) is 0 Å². The summed E-state index contributed by atoms with van der Waals surface area (Å²) in [6.45, 7) is 2.98. The Hall–Kier alpha value is -1.22. The highest BCUT2D eigenvalue weighted by molar-refractivity contribution is 5.48. The van der Waals surface area contributed by atoms with Crippen LogP contribution in [0.15, 0.2) is 12.1 Å². The van der Waals surface area contributed by atoms with E-state index in [1.165, 1.54) is 18.4 Å². The van der Waals surface area contributed by atoms with E-state index in [2.05, 4.69) is 5.32 Å². The molecule has 2 rings (SSSR count). The number of hydrogen-bond donors (Lipinski definition) is 2. The van der Waals surface area contributed by atoms with Crippen LogP contribution in [0.25, 0.3) is 0 Å². The maximum Gasteiger partial charge on any atom is 0.161 e. The van der Waals surface area contributed by atoms with Crippen LogP contribution in [0.1, 0.15) is 36.4 Å². The molecule has 1 saturated heterocycles. The zero-order chi connectivity index (χ0) is 11.5. The van der Waals surface area contributed by atoms with Crippen molar-refractivity contribution in [2.24, 2.45) is 0 Å². The van der Waals surface area contributed by atoms with Crippen molar-refractivity contribution in [3.63, 3.8) is 0 Å². The molecule has 0 amide bonds. The predicted octanol–water partition coefficient (Wildman–Crippen LogP) is 2.52. The summed E-state index contributed by atoms with van der Waals surface area (Å²) in [5, 5.41) is 13.3. The van der Waals surface area contributed by atoms with Crippen LogP contribution in [0, 0.1) is 6.92 Å². The van der Waals surface area contributed by atoms with E-state index in [0.717, 1.165) is 18.5 Å². The van der Waals surface area contributed by atoms with Gasteiger partial charge in [0.25, 0.3) is 0 Å². The van der Waals surface area contributed by atoms with Gasteiger partial charge in [-0.1, -0.05) is 12.5 Å². The van der Waals surface area contributed by atoms with Gasteiger partial charge in [-0.25, -0.2) is 0 Å². The smallest absolute Gasteiger partial charge is 0.161 e. The van der Waals surface area contributed by atoms with Gasteiger partial charge in [-0.2, -0.15) is 0 Å². The average Bonchev–Trinajstić information content (AvgIpc) is 2.33. The van der Waals surface area contributed by atoms with Crippen molar-refractivity contribution in [2.75, 3.05) is 13.7 Å². The summed E-state index contributed by atoms with van der Waals surface area (Å²) in [6, 6.07) is 4.38. The number of methoxy groups -OCH3 is 1. The minimum atomic E-state index is 0.252. The van der Waals surface area contributed by atoms with Crippen molar-refractivity contribution in [1.29, 1.82) is 0 Å². The molecule has 1 aromatic rings. The molecule has 0 aromatic heterocycles. The van der Waals surface area contributed by atoms with Crippen LogP contribution in [0.4, 0.5) is 0 Å². The van der Waals surface area contributed by atoms with E-state index in [0.29, 0.717) is 11.8 Å².